The van der Waals surface area contributed by atoms with Gasteiger partial charge in [-0.1, -0.05) is 47.5 Å². The number of hydrogen-bond donors (Lipinski definition) is 2. The van der Waals surface area contributed by atoms with Crippen molar-refractivity contribution < 1.29 is 27.8 Å². The van der Waals surface area contributed by atoms with E-state index in [9.17, 15) is 27.8 Å². The Hall–Kier alpha value is -1.66. The van der Waals surface area contributed by atoms with Gasteiger partial charge in [0, 0.05) is 0 Å². The van der Waals surface area contributed by atoms with Crippen molar-refractivity contribution in [3.8, 4) is 11.5 Å². The zero-order valence-corrected chi connectivity index (χ0v) is 12.8. The molecule has 0 aliphatic carbocycles. The van der Waals surface area contributed by atoms with E-state index < -0.39 is 27.3 Å². The molecule has 0 aromatic heterocycles. The summed E-state index contributed by atoms with van der Waals surface area (Å²) >= 11 is 10.7. The molecule has 0 unspecified atom stereocenters. The second-order valence-electron chi connectivity index (χ2n) is 4.84. The standard InChI is InChI=1S/C15H10Cl2F4O2/c16-14(17,18)13(15(19,20)21,9-1-5-11(22)6-2-9)10-3-7-12(23)8-4-10/h1-8,22-23H. The van der Waals surface area contributed by atoms with Crippen LogP contribution in [0, 0.1) is 0 Å². The molecular formula is C15H10Cl2F4O2. The van der Waals surface area contributed by atoms with Crippen molar-refractivity contribution in [2.24, 2.45) is 0 Å². The van der Waals surface area contributed by atoms with Crippen molar-refractivity contribution in [3.05, 3.63) is 59.7 Å². The average molecular weight is 369 g/mol. The summed E-state index contributed by atoms with van der Waals surface area (Å²) < 4.78 is 52.4. The quantitative estimate of drug-likeness (QED) is 0.588. The van der Waals surface area contributed by atoms with E-state index in [1.54, 1.807) is 0 Å². The van der Waals surface area contributed by atoms with E-state index in [1.165, 1.54) is 0 Å². The normalized spacial score (nSPS) is 13.1. The summed E-state index contributed by atoms with van der Waals surface area (Å²) in [5.74, 6) is -0.603. The first-order chi connectivity index (χ1) is 10.5. The third-order valence-corrected chi connectivity index (χ3v) is 4.02. The molecule has 0 aliphatic heterocycles. The van der Waals surface area contributed by atoms with Crippen molar-refractivity contribution in [1.29, 1.82) is 0 Å². The summed E-state index contributed by atoms with van der Waals surface area (Å²) in [6, 6.07) is 7.41. The van der Waals surface area contributed by atoms with E-state index in [0.29, 0.717) is 0 Å². The monoisotopic (exact) mass is 368 g/mol. The molecule has 0 saturated heterocycles. The Kier molecular flexibility index (Phi) is 4.43. The van der Waals surface area contributed by atoms with E-state index in [2.05, 4.69) is 0 Å². The van der Waals surface area contributed by atoms with Crippen LogP contribution in [0.5, 0.6) is 11.5 Å². The Morgan fingerprint density at radius 3 is 1.17 bits per heavy atom. The highest BCUT2D eigenvalue weighted by Gasteiger charge is 2.69. The lowest BCUT2D eigenvalue weighted by Crippen LogP contribution is -2.53. The molecule has 0 radical (unpaired) electrons. The lowest BCUT2D eigenvalue weighted by molar-refractivity contribution is -0.191. The highest BCUT2D eigenvalue weighted by Crippen LogP contribution is 2.58. The van der Waals surface area contributed by atoms with Gasteiger partial charge in [-0.15, -0.1) is 0 Å². The number of benzene rings is 2. The molecule has 8 heteroatoms. The number of phenols is 2. The fourth-order valence-corrected chi connectivity index (χ4v) is 3.06. The third kappa shape index (κ3) is 2.93. The molecular weight excluding hydrogens is 359 g/mol. The Bertz CT molecular complexity index is 615. The maximum Gasteiger partial charge on any atom is 0.408 e. The van der Waals surface area contributed by atoms with Gasteiger partial charge in [-0.25, -0.2) is 4.39 Å². The summed E-state index contributed by atoms with van der Waals surface area (Å²) in [6.07, 6.45) is -5.21. The van der Waals surface area contributed by atoms with Gasteiger partial charge < -0.3 is 10.2 Å². The van der Waals surface area contributed by atoms with Gasteiger partial charge in [-0.3, -0.25) is 0 Å². The molecule has 0 aliphatic rings. The Balaban J connectivity index is 2.86. The van der Waals surface area contributed by atoms with Crippen LogP contribution in [-0.4, -0.2) is 21.0 Å². The minimum atomic E-state index is -5.21. The summed E-state index contributed by atoms with van der Waals surface area (Å²) in [5, 5.41) is 18.5. The molecule has 2 nitrogen and oxygen atoms in total. The molecule has 0 saturated carbocycles. The number of halogens is 6. The van der Waals surface area contributed by atoms with Gasteiger partial charge in [-0.05, 0) is 35.4 Å². The molecule has 2 aromatic carbocycles. The van der Waals surface area contributed by atoms with Crippen LogP contribution in [0.3, 0.4) is 0 Å². The van der Waals surface area contributed by atoms with Crippen molar-refractivity contribution >= 4 is 23.2 Å². The van der Waals surface area contributed by atoms with Crippen LogP contribution in [-0.2, 0) is 5.41 Å². The van der Waals surface area contributed by atoms with Gasteiger partial charge in [0.05, 0.1) is 0 Å². The predicted molar refractivity (Wildman–Crippen MR) is 78.6 cm³/mol. The Morgan fingerprint density at radius 1 is 0.652 bits per heavy atom. The van der Waals surface area contributed by atoms with Crippen molar-refractivity contribution in [3.63, 3.8) is 0 Å². The number of rotatable bonds is 3. The maximum absolute atomic E-state index is 14.5. The molecule has 23 heavy (non-hydrogen) atoms. The van der Waals surface area contributed by atoms with Crippen LogP contribution in [0.1, 0.15) is 11.1 Å². The highest BCUT2D eigenvalue weighted by atomic mass is 35.5. The van der Waals surface area contributed by atoms with Gasteiger partial charge in [0.2, 0.25) is 0 Å². The fraction of sp³-hybridized carbons (Fsp3) is 0.200. The van der Waals surface area contributed by atoms with Gasteiger partial charge in [0.15, 0.2) is 5.41 Å². The molecule has 0 bridgehead atoms. The first kappa shape index (κ1) is 17.7. The number of phenolic OH excluding ortho intramolecular Hbond substituents is 2. The van der Waals surface area contributed by atoms with E-state index in [-0.39, 0.29) is 11.5 Å². The van der Waals surface area contributed by atoms with Crippen molar-refractivity contribution in [1.82, 2.24) is 0 Å². The van der Waals surface area contributed by atoms with Crippen LogP contribution in [0.15, 0.2) is 48.5 Å². The van der Waals surface area contributed by atoms with E-state index >= 15 is 0 Å². The topological polar surface area (TPSA) is 40.5 Å². The number of alkyl halides is 6. The summed E-state index contributed by atoms with van der Waals surface area (Å²) in [4.78, 5) is 0. The maximum atomic E-state index is 14.5. The van der Waals surface area contributed by atoms with Crippen LogP contribution in [0.25, 0.3) is 0 Å². The van der Waals surface area contributed by atoms with Crippen LogP contribution in [0.4, 0.5) is 17.6 Å². The fourth-order valence-electron chi connectivity index (χ4n) is 2.40. The molecule has 124 valence electrons. The molecule has 2 N–H and O–H groups in total. The molecule has 0 heterocycles. The molecule has 2 aromatic rings. The van der Waals surface area contributed by atoms with Gasteiger partial charge in [0.1, 0.15) is 11.5 Å². The van der Waals surface area contributed by atoms with E-state index in [1.807, 2.05) is 0 Å². The first-order valence-corrected chi connectivity index (χ1v) is 6.98. The summed E-state index contributed by atoms with van der Waals surface area (Å²) in [5.41, 5.74) is -4.60. The average Bonchev–Trinajstić information content (AvgIpc) is 2.40. The van der Waals surface area contributed by atoms with E-state index in [0.717, 1.165) is 48.5 Å². The van der Waals surface area contributed by atoms with Crippen molar-refractivity contribution in [2.75, 3.05) is 0 Å². The lowest BCUT2D eigenvalue weighted by Gasteiger charge is -2.40. The molecule has 0 fully saturated rings. The molecule has 0 amide bonds. The third-order valence-electron chi connectivity index (χ3n) is 3.45. The van der Waals surface area contributed by atoms with Gasteiger partial charge >= 0.3 is 6.18 Å². The Morgan fingerprint density at radius 2 is 0.957 bits per heavy atom. The zero-order chi connectivity index (χ0) is 17.5. The minimum Gasteiger partial charge on any atom is -0.508 e. The predicted octanol–water partition coefficient (Wildman–Crippen LogP) is 5.05. The van der Waals surface area contributed by atoms with Crippen molar-refractivity contribution in [2.45, 2.75) is 16.2 Å². The zero-order valence-electron chi connectivity index (χ0n) is 11.3. The molecule has 0 spiro atoms. The van der Waals surface area contributed by atoms with E-state index in [4.69, 9.17) is 23.2 Å². The van der Waals surface area contributed by atoms with Crippen LogP contribution in [0.2, 0.25) is 0 Å². The summed E-state index contributed by atoms with van der Waals surface area (Å²) in [6.45, 7) is 0. The molecule has 2 rings (SSSR count). The SMILES string of the molecule is Oc1ccc(C(c2ccc(O)cc2)(C(F)(F)F)C(F)(Cl)Cl)cc1. The van der Waals surface area contributed by atoms with Gasteiger partial charge in [-0.2, -0.15) is 13.2 Å². The molecule has 0 atom stereocenters. The second kappa shape index (κ2) is 5.76. The largest absolute Gasteiger partial charge is 0.508 e. The van der Waals surface area contributed by atoms with Crippen LogP contribution < -0.4 is 0 Å². The number of hydrogen-bond acceptors (Lipinski definition) is 2. The highest BCUT2D eigenvalue weighted by molar-refractivity contribution is 6.48. The second-order valence-corrected chi connectivity index (χ2v) is 6.07. The van der Waals surface area contributed by atoms with Crippen LogP contribution >= 0.6 is 23.2 Å². The Labute approximate surface area is 138 Å². The smallest absolute Gasteiger partial charge is 0.408 e. The lowest BCUT2D eigenvalue weighted by atomic mass is 9.74. The first-order valence-electron chi connectivity index (χ1n) is 6.22. The number of aromatic hydroxyl groups is 2. The minimum absolute atomic E-state index is 0.302. The summed E-state index contributed by atoms with van der Waals surface area (Å²) in [7, 11) is 0. The van der Waals surface area contributed by atoms with Gasteiger partial charge in [0.25, 0.3) is 4.59 Å².